The van der Waals surface area contributed by atoms with Crippen LogP contribution in [0.15, 0.2) is 18.2 Å². The number of anilines is 1. The molecule has 0 saturated heterocycles. The third-order valence-electron chi connectivity index (χ3n) is 3.37. The van der Waals surface area contributed by atoms with Crippen LogP contribution in [-0.2, 0) is 0 Å². The van der Waals surface area contributed by atoms with Crippen molar-refractivity contribution in [3.8, 4) is 0 Å². The molecule has 0 spiro atoms. The highest BCUT2D eigenvalue weighted by atomic mass is 35.5. The van der Waals surface area contributed by atoms with E-state index in [-0.39, 0.29) is 0 Å². The average Bonchev–Trinajstić information content (AvgIpc) is 2.44. The first-order valence-electron chi connectivity index (χ1n) is 6.42. The lowest BCUT2D eigenvalue weighted by Crippen LogP contribution is -2.24. The molecular formula is C15H17ClN2O. The topological polar surface area (TPSA) is 33.2 Å². The van der Waals surface area contributed by atoms with Crippen molar-refractivity contribution in [2.24, 2.45) is 0 Å². The number of aromatic nitrogens is 1. The maximum atomic E-state index is 11.3. The number of carbonyl (C=O) groups is 1. The fourth-order valence-corrected chi connectivity index (χ4v) is 2.38. The number of fused-ring (bicyclic) bond motifs is 1. The number of hydrogen-bond acceptors (Lipinski definition) is 3. The molecule has 1 heterocycles. The summed E-state index contributed by atoms with van der Waals surface area (Å²) in [7, 11) is 0. The van der Waals surface area contributed by atoms with Crippen molar-refractivity contribution in [2.45, 2.75) is 20.8 Å². The summed E-state index contributed by atoms with van der Waals surface area (Å²) in [6, 6.07) is 5.62. The molecule has 0 amide bonds. The molecule has 0 aliphatic rings. The van der Waals surface area contributed by atoms with Gasteiger partial charge in [-0.3, -0.25) is 4.79 Å². The number of rotatable bonds is 4. The molecule has 0 radical (unpaired) electrons. The Balaban J connectivity index is 2.75. The molecule has 0 fully saturated rings. The fraction of sp³-hybridized carbons (Fsp3) is 0.333. The van der Waals surface area contributed by atoms with E-state index in [2.05, 4.69) is 23.7 Å². The molecule has 0 aliphatic carbocycles. The molecule has 0 saturated carbocycles. The molecule has 0 atom stereocenters. The second-order valence-corrected chi connectivity index (χ2v) is 4.84. The lowest BCUT2D eigenvalue weighted by atomic mass is 10.1. The highest BCUT2D eigenvalue weighted by molar-refractivity contribution is 6.32. The molecular weight excluding hydrogens is 260 g/mol. The van der Waals surface area contributed by atoms with E-state index in [0.717, 1.165) is 41.7 Å². The SMILES string of the molecule is CCN(CC)c1nc2c(C)c(Cl)ccc2cc1C=O. The standard InChI is InChI=1S/C15H17ClN2O/c1-4-18(5-2)15-12(9-19)8-11-6-7-13(16)10(3)14(11)17-15/h6-9H,4-5H2,1-3H3. The van der Waals surface area contributed by atoms with Crippen LogP contribution in [0.3, 0.4) is 0 Å². The lowest BCUT2D eigenvalue weighted by molar-refractivity contribution is 0.112. The Morgan fingerprint density at radius 3 is 2.58 bits per heavy atom. The molecule has 1 aromatic heterocycles. The van der Waals surface area contributed by atoms with E-state index in [4.69, 9.17) is 11.6 Å². The van der Waals surface area contributed by atoms with Crippen LogP contribution in [0.2, 0.25) is 5.02 Å². The van der Waals surface area contributed by atoms with Gasteiger partial charge in [-0.05, 0) is 38.5 Å². The number of pyridine rings is 1. The van der Waals surface area contributed by atoms with Crippen molar-refractivity contribution in [1.82, 2.24) is 4.98 Å². The minimum Gasteiger partial charge on any atom is -0.357 e. The normalized spacial score (nSPS) is 10.7. The van der Waals surface area contributed by atoms with Gasteiger partial charge in [0.25, 0.3) is 0 Å². The highest BCUT2D eigenvalue weighted by Gasteiger charge is 2.13. The Bertz CT molecular complexity index is 621. The van der Waals surface area contributed by atoms with Crippen molar-refractivity contribution in [1.29, 1.82) is 0 Å². The molecule has 2 aromatic rings. The summed E-state index contributed by atoms with van der Waals surface area (Å²) < 4.78 is 0. The molecule has 0 bridgehead atoms. The average molecular weight is 277 g/mol. The predicted molar refractivity (Wildman–Crippen MR) is 80.4 cm³/mol. The third kappa shape index (κ3) is 2.43. The lowest BCUT2D eigenvalue weighted by Gasteiger charge is -2.22. The minimum absolute atomic E-state index is 0.623. The summed E-state index contributed by atoms with van der Waals surface area (Å²) in [5, 5.41) is 1.64. The zero-order valence-corrected chi connectivity index (χ0v) is 12.2. The van der Waals surface area contributed by atoms with E-state index in [0.29, 0.717) is 10.6 Å². The second-order valence-electron chi connectivity index (χ2n) is 4.44. The first kappa shape index (κ1) is 13.8. The summed E-state index contributed by atoms with van der Waals surface area (Å²) in [6.45, 7) is 7.68. The van der Waals surface area contributed by atoms with Gasteiger partial charge < -0.3 is 4.90 Å². The van der Waals surface area contributed by atoms with Crippen molar-refractivity contribution in [3.05, 3.63) is 34.3 Å². The number of halogens is 1. The van der Waals surface area contributed by atoms with Crippen LogP contribution in [0.5, 0.6) is 0 Å². The maximum Gasteiger partial charge on any atom is 0.153 e. The number of aryl methyl sites for hydroxylation is 1. The van der Waals surface area contributed by atoms with E-state index in [1.54, 1.807) is 0 Å². The van der Waals surface area contributed by atoms with Gasteiger partial charge in [0.2, 0.25) is 0 Å². The van der Waals surface area contributed by atoms with Crippen LogP contribution >= 0.6 is 11.6 Å². The molecule has 0 unspecified atom stereocenters. The number of nitrogens with zero attached hydrogens (tertiary/aromatic N) is 2. The summed E-state index contributed by atoms with van der Waals surface area (Å²) >= 11 is 6.14. The van der Waals surface area contributed by atoms with Gasteiger partial charge in [-0.15, -0.1) is 0 Å². The van der Waals surface area contributed by atoms with E-state index < -0.39 is 0 Å². The molecule has 0 N–H and O–H groups in total. The van der Waals surface area contributed by atoms with Gasteiger partial charge >= 0.3 is 0 Å². The molecule has 19 heavy (non-hydrogen) atoms. The third-order valence-corrected chi connectivity index (χ3v) is 3.78. The van der Waals surface area contributed by atoms with Crippen LogP contribution in [0.25, 0.3) is 10.9 Å². The van der Waals surface area contributed by atoms with Crippen molar-refractivity contribution in [2.75, 3.05) is 18.0 Å². The fourth-order valence-electron chi connectivity index (χ4n) is 2.23. The molecule has 0 aliphatic heterocycles. The molecule has 1 aromatic carbocycles. The van der Waals surface area contributed by atoms with E-state index in [1.807, 2.05) is 25.1 Å². The predicted octanol–water partition coefficient (Wildman–Crippen LogP) is 3.86. The smallest absolute Gasteiger partial charge is 0.153 e. The monoisotopic (exact) mass is 276 g/mol. The zero-order chi connectivity index (χ0) is 14.0. The van der Waals surface area contributed by atoms with Gasteiger partial charge in [-0.25, -0.2) is 4.98 Å². The van der Waals surface area contributed by atoms with E-state index in [9.17, 15) is 4.79 Å². The number of hydrogen-bond donors (Lipinski definition) is 0. The summed E-state index contributed by atoms with van der Waals surface area (Å²) in [4.78, 5) is 18.0. The Hall–Kier alpha value is -1.61. The largest absolute Gasteiger partial charge is 0.357 e. The summed E-state index contributed by atoms with van der Waals surface area (Å²) in [5.41, 5.74) is 2.43. The van der Waals surface area contributed by atoms with Crippen LogP contribution in [0.4, 0.5) is 5.82 Å². The van der Waals surface area contributed by atoms with Gasteiger partial charge in [0, 0.05) is 23.5 Å². The molecule has 2 rings (SSSR count). The van der Waals surface area contributed by atoms with Crippen molar-refractivity contribution < 1.29 is 4.79 Å². The Kier molecular flexibility index (Phi) is 4.05. The van der Waals surface area contributed by atoms with E-state index >= 15 is 0 Å². The van der Waals surface area contributed by atoms with Gasteiger partial charge in [0.1, 0.15) is 5.82 Å². The van der Waals surface area contributed by atoms with Gasteiger partial charge in [0.05, 0.1) is 11.1 Å². The Morgan fingerprint density at radius 2 is 2.00 bits per heavy atom. The van der Waals surface area contributed by atoms with Crippen molar-refractivity contribution >= 4 is 34.6 Å². The quantitative estimate of drug-likeness (QED) is 0.795. The summed E-state index contributed by atoms with van der Waals surface area (Å²) in [5.74, 6) is 0.734. The Labute approximate surface area is 118 Å². The van der Waals surface area contributed by atoms with Crippen molar-refractivity contribution in [3.63, 3.8) is 0 Å². The molecule has 100 valence electrons. The van der Waals surface area contributed by atoms with Crippen LogP contribution in [0.1, 0.15) is 29.8 Å². The number of benzene rings is 1. The number of carbonyl (C=O) groups excluding carboxylic acids is 1. The van der Waals surface area contributed by atoms with Crippen LogP contribution in [-0.4, -0.2) is 24.4 Å². The Morgan fingerprint density at radius 1 is 1.32 bits per heavy atom. The first-order valence-corrected chi connectivity index (χ1v) is 6.80. The zero-order valence-electron chi connectivity index (χ0n) is 11.4. The second kappa shape index (κ2) is 5.57. The van der Waals surface area contributed by atoms with E-state index in [1.165, 1.54) is 0 Å². The van der Waals surface area contributed by atoms with Gasteiger partial charge in [0.15, 0.2) is 6.29 Å². The minimum atomic E-state index is 0.623. The first-order chi connectivity index (χ1) is 9.12. The molecule has 4 heteroatoms. The highest BCUT2D eigenvalue weighted by Crippen LogP contribution is 2.28. The van der Waals surface area contributed by atoms with Crippen LogP contribution in [0, 0.1) is 6.92 Å². The number of aldehydes is 1. The summed E-state index contributed by atoms with van der Waals surface area (Å²) in [6.07, 6.45) is 0.865. The van der Waals surface area contributed by atoms with Gasteiger partial charge in [-0.1, -0.05) is 17.7 Å². The maximum absolute atomic E-state index is 11.3. The molecule has 3 nitrogen and oxygen atoms in total. The van der Waals surface area contributed by atoms with Crippen LogP contribution < -0.4 is 4.90 Å². The van der Waals surface area contributed by atoms with Gasteiger partial charge in [-0.2, -0.15) is 0 Å².